The van der Waals surface area contributed by atoms with Crippen LogP contribution in [0.25, 0.3) is 10.2 Å². The maximum Gasteiger partial charge on any atom is 0.262 e. The zero-order valence-corrected chi connectivity index (χ0v) is 12.9. The first kappa shape index (κ1) is 14.0. The Morgan fingerprint density at radius 3 is 3.00 bits per heavy atom. The minimum Gasteiger partial charge on any atom is -0.347 e. The molecule has 1 amide bonds. The molecule has 1 atom stereocenters. The first-order chi connectivity index (χ1) is 10.1. The second-order valence-corrected chi connectivity index (χ2v) is 6.50. The summed E-state index contributed by atoms with van der Waals surface area (Å²) in [5.41, 5.74) is -0.180. The molecule has 0 spiro atoms. The Labute approximate surface area is 128 Å². The molecule has 5 nitrogen and oxygen atoms in total. The van der Waals surface area contributed by atoms with Crippen molar-refractivity contribution in [3.63, 3.8) is 0 Å². The zero-order chi connectivity index (χ0) is 14.8. The van der Waals surface area contributed by atoms with Gasteiger partial charge in [0.05, 0.1) is 17.8 Å². The molecule has 0 aliphatic heterocycles. The van der Waals surface area contributed by atoms with Gasteiger partial charge in [0.15, 0.2) is 0 Å². The third kappa shape index (κ3) is 2.88. The predicted octanol–water partition coefficient (Wildman–Crippen LogP) is 2.40. The fourth-order valence-corrected chi connectivity index (χ4v) is 3.51. The SMILES string of the molecule is C[C@H](NC(=O)Cn1cnc2sccc2c1=O)c1cccs1. The molecule has 7 heteroatoms. The molecule has 0 bridgehead atoms. The van der Waals surface area contributed by atoms with Gasteiger partial charge >= 0.3 is 0 Å². The van der Waals surface area contributed by atoms with Gasteiger partial charge in [0.25, 0.3) is 5.56 Å². The summed E-state index contributed by atoms with van der Waals surface area (Å²) in [6.45, 7) is 1.90. The molecule has 0 aliphatic carbocycles. The lowest BCUT2D eigenvalue weighted by Crippen LogP contribution is -2.33. The molecule has 0 saturated carbocycles. The van der Waals surface area contributed by atoms with Gasteiger partial charge in [0.2, 0.25) is 5.91 Å². The smallest absolute Gasteiger partial charge is 0.262 e. The highest BCUT2D eigenvalue weighted by Gasteiger charge is 2.12. The summed E-state index contributed by atoms with van der Waals surface area (Å²) in [5.74, 6) is -0.200. The average molecular weight is 319 g/mol. The van der Waals surface area contributed by atoms with Gasteiger partial charge in [-0.1, -0.05) is 6.07 Å². The standard InChI is InChI=1S/C14H13N3O2S2/c1-9(11-3-2-5-20-11)16-12(18)7-17-8-15-13-10(14(17)19)4-6-21-13/h2-6,8-9H,7H2,1H3,(H,16,18)/t9-/m0/s1. The fourth-order valence-electron chi connectivity index (χ4n) is 2.06. The Morgan fingerprint density at radius 2 is 2.24 bits per heavy atom. The minimum absolute atomic E-state index is 0.0205. The van der Waals surface area contributed by atoms with Crippen molar-refractivity contribution in [2.45, 2.75) is 19.5 Å². The normalized spacial score (nSPS) is 12.4. The molecule has 0 radical (unpaired) electrons. The summed E-state index contributed by atoms with van der Waals surface area (Å²) in [4.78, 5) is 30.2. The number of hydrogen-bond donors (Lipinski definition) is 1. The van der Waals surface area contributed by atoms with Crippen LogP contribution in [0, 0.1) is 0 Å². The Balaban J connectivity index is 1.74. The molecule has 0 saturated heterocycles. The number of nitrogens with one attached hydrogen (secondary N) is 1. The van der Waals surface area contributed by atoms with Crippen LogP contribution in [-0.4, -0.2) is 15.5 Å². The molecule has 0 fully saturated rings. The Hall–Kier alpha value is -1.99. The van der Waals surface area contributed by atoms with Gasteiger partial charge < -0.3 is 5.32 Å². The Kier molecular flexibility index (Phi) is 3.85. The lowest BCUT2D eigenvalue weighted by atomic mass is 10.3. The van der Waals surface area contributed by atoms with Crippen LogP contribution in [-0.2, 0) is 11.3 Å². The molecule has 3 rings (SSSR count). The molecule has 21 heavy (non-hydrogen) atoms. The minimum atomic E-state index is -0.200. The van der Waals surface area contributed by atoms with Gasteiger partial charge in [-0.25, -0.2) is 4.98 Å². The average Bonchev–Trinajstić information content (AvgIpc) is 3.12. The van der Waals surface area contributed by atoms with Gasteiger partial charge in [-0.2, -0.15) is 0 Å². The number of nitrogens with zero attached hydrogens (tertiary/aromatic N) is 2. The van der Waals surface area contributed by atoms with E-state index >= 15 is 0 Å². The van der Waals surface area contributed by atoms with E-state index in [1.54, 1.807) is 17.4 Å². The molecule has 0 aliphatic rings. The third-order valence-corrected chi connectivity index (χ3v) is 4.99. The number of hydrogen-bond acceptors (Lipinski definition) is 5. The number of thiophene rings is 2. The highest BCUT2D eigenvalue weighted by molar-refractivity contribution is 7.16. The van der Waals surface area contributed by atoms with E-state index in [0.29, 0.717) is 10.2 Å². The van der Waals surface area contributed by atoms with Gasteiger partial charge in [-0.05, 0) is 29.8 Å². The van der Waals surface area contributed by atoms with E-state index in [2.05, 4.69) is 10.3 Å². The molecular weight excluding hydrogens is 306 g/mol. The number of amides is 1. The monoisotopic (exact) mass is 319 g/mol. The molecule has 1 N–H and O–H groups in total. The van der Waals surface area contributed by atoms with Crippen molar-refractivity contribution in [3.8, 4) is 0 Å². The van der Waals surface area contributed by atoms with Crippen LogP contribution in [0.5, 0.6) is 0 Å². The predicted molar refractivity (Wildman–Crippen MR) is 84.8 cm³/mol. The summed E-state index contributed by atoms with van der Waals surface area (Å²) < 4.78 is 1.34. The van der Waals surface area contributed by atoms with Crippen LogP contribution in [0.2, 0.25) is 0 Å². The number of rotatable bonds is 4. The lowest BCUT2D eigenvalue weighted by molar-refractivity contribution is -0.122. The third-order valence-electron chi connectivity index (χ3n) is 3.11. The van der Waals surface area contributed by atoms with Gasteiger partial charge in [-0.3, -0.25) is 14.2 Å². The maximum atomic E-state index is 12.2. The summed E-state index contributed by atoms with van der Waals surface area (Å²) in [6.07, 6.45) is 1.43. The summed E-state index contributed by atoms with van der Waals surface area (Å²) in [5, 5.41) is 7.23. The van der Waals surface area contributed by atoms with Crippen LogP contribution in [0.1, 0.15) is 17.8 Å². The highest BCUT2D eigenvalue weighted by Crippen LogP contribution is 2.18. The quantitative estimate of drug-likeness (QED) is 0.803. The lowest BCUT2D eigenvalue weighted by Gasteiger charge is -2.12. The molecular formula is C14H13N3O2S2. The molecule has 3 aromatic heterocycles. The first-order valence-corrected chi connectivity index (χ1v) is 8.16. The van der Waals surface area contributed by atoms with Crippen LogP contribution in [0.4, 0.5) is 0 Å². The molecule has 0 aromatic carbocycles. The maximum absolute atomic E-state index is 12.2. The van der Waals surface area contributed by atoms with Crippen LogP contribution >= 0.6 is 22.7 Å². The van der Waals surface area contributed by atoms with Crippen molar-refractivity contribution in [2.75, 3.05) is 0 Å². The number of carbonyl (C=O) groups is 1. The van der Waals surface area contributed by atoms with Crippen LogP contribution in [0.3, 0.4) is 0 Å². The largest absolute Gasteiger partial charge is 0.347 e. The zero-order valence-electron chi connectivity index (χ0n) is 11.3. The summed E-state index contributed by atoms with van der Waals surface area (Å²) in [7, 11) is 0. The van der Waals surface area contributed by atoms with E-state index in [4.69, 9.17) is 0 Å². The number of fused-ring (bicyclic) bond motifs is 1. The number of aromatic nitrogens is 2. The van der Waals surface area contributed by atoms with E-state index in [9.17, 15) is 9.59 Å². The second-order valence-electron chi connectivity index (χ2n) is 4.62. The van der Waals surface area contributed by atoms with Crippen molar-refractivity contribution in [2.24, 2.45) is 0 Å². The fraction of sp³-hybridized carbons (Fsp3) is 0.214. The van der Waals surface area contributed by atoms with Crippen molar-refractivity contribution < 1.29 is 4.79 Å². The van der Waals surface area contributed by atoms with Crippen molar-refractivity contribution in [1.82, 2.24) is 14.9 Å². The summed E-state index contributed by atoms with van der Waals surface area (Å²) >= 11 is 3.01. The van der Waals surface area contributed by atoms with E-state index in [-0.39, 0.29) is 24.1 Å². The van der Waals surface area contributed by atoms with Crippen molar-refractivity contribution in [1.29, 1.82) is 0 Å². The molecule has 3 aromatic rings. The molecule has 108 valence electrons. The Bertz CT molecular complexity index is 820. The Morgan fingerprint density at radius 1 is 1.38 bits per heavy atom. The van der Waals surface area contributed by atoms with Gasteiger partial charge in [0, 0.05) is 4.88 Å². The van der Waals surface area contributed by atoms with E-state index < -0.39 is 0 Å². The van der Waals surface area contributed by atoms with Crippen LogP contribution in [0.15, 0.2) is 40.1 Å². The topological polar surface area (TPSA) is 64.0 Å². The molecule has 0 unspecified atom stereocenters. The van der Waals surface area contributed by atoms with Gasteiger partial charge in [0.1, 0.15) is 11.4 Å². The van der Waals surface area contributed by atoms with Crippen molar-refractivity contribution >= 4 is 38.8 Å². The first-order valence-electron chi connectivity index (χ1n) is 6.40. The van der Waals surface area contributed by atoms with Gasteiger partial charge in [-0.15, -0.1) is 22.7 Å². The highest BCUT2D eigenvalue weighted by atomic mass is 32.1. The van der Waals surface area contributed by atoms with E-state index in [0.717, 1.165) is 4.88 Å². The van der Waals surface area contributed by atoms with E-state index in [1.165, 1.54) is 22.2 Å². The number of carbonyl (C=O) groups excluding carboxylic acids is 1. The second kappa shape index (κ2) is 5.79. The van der Waals surface area contributed by atoms with Crippen molar-refractivity contribution in [3.05, 3.63) is 50.5 Å². The van der Waals surface area contributed by atoms with E-state index in [1.807, 2.05) is 29.8 Å². The molecule has 3 heterocycles. The van der Waals surface area contributed by atoms with Crippen LogP contribution < -0.4 is 10.9 Å². The summed E-state index contributed by atoms with van der Waals surface area (Å²) in [6, 6.07) is 5.59.